The van der Waals surface area contributed by atoms with Crippen LogP contribution in [0.3, 0.4) is 0 Å². The van der Waals surface area contributed by atoms with Crippen LogP contribution < -0.4 is 0 Å². The Bertz CT molecular complexity index is 1070. The molecule has 1 aromatic carbocycles. The molecule has 6 atom stereocenters. The average Bonchev–Trinajstić information content (AvgIpc) is 3.52. The Morgan fingerprint density at radius 1 is 1.10 bits per heavy atom. The van der Waals surface area contributed by atoms with Crippen molar-refractivity contribution in [2.24, 2.45) is 17.8 Å². The summed E-state index contributed by atoms with van der Waals surface area (Å²) >= 11 is 1.72. The summed E-state index contributed by atoms with van der Waals surface area (Å²) in [6, 6.07) is 9.27. The number of unbranched alkanes of at least 4 members (excludes halogenated alkanes) is 3. The van der Waals surface area contributed by atoms with Gasteiger partial charge in [-0.1, -0.05) is 62.2 Å². The largest absolute Gasteiger partial charge is 0.396 e. The number of hydrogen-bond donors (Lipinski definition) is 1. The maximum atomic E-state index is 14.5. The van der Waals surface area contributed by atoms with Crippen molar-refractivity contribution in [2.75, 3.05) is 33.3 Å². The van der Waals surface area contributed by atoms with E-state index in [1.165, 1.54) is 0 Å². The third kappa shape index (κ3) is 5.42. The van der Waals surface area contributed by atoms with Crippen molar-refractivity contribution in [1.82, 2.24) is 14.7 Å². The number of hydrogen-bond acceptors (Lipinski definition) is 5. The Morgan fingerprint density at radius 2 is 1.79 bits per heavy atom. The molecule has 0 saturated carbocycles. The van der Waals surface area contributed by atoms with Crippen LogP contribution in [0.15, 0.2) is 55.6 Å². The highest BCUT2D eigenvalue weighted by Crippen LogP contribution is 2.68. The Labute approximate surface area is 237 Å². The Balaban J connectivity index is 1.70. The van der Waals surface area contributed by atoms with Gasteiger partial charge in [-0.15, -0.1) is 24.9 Å². The second-order valence-electron chi connectivity index (χ2n) is 11.2. The van der Waals surface area contributed by atoms with Gasteiger partial charge in [0.2, 0.25) is 17.7 Å². The van der Waals surface area contributed by atoms with Crippen molar-refractivity contribution >= 4 is 29.5 Å². The third-order valence-electron chi connectivity index (χ3n) is 8.73. The number of likely N-dealkylation sites (N-methyl/N-ethyl adjacent to an activating group) is 1. The molecule has 0 radical (unpaired) electrons. The van der Waals surface area contributed by atoms with Gasteiger partial charge in [-0.05, 0) is 30.7 Å². The van der Waals surface area contributed by atoms with Crippen LogP contribution in [0.4, 0.5) is 0 Å². The molecule has 3 amide bonds. The van der Waals surface area contributed by atoms with Gasteiger partial charge in [0.05, 0.1) is 16.6 Å². The summed E-state index contributed by atoms with van der Waals surface area (Å²) in [5, 5.41) is 9.20. The maximum Gasteiger partial charge on any atom is 0.247 e. The number of likely N-dealkylation sites (tertiary alicyclic amines) is 1. The fourth-order valence-electron chi connectivity index (χ4n) is 6.97. The first-order chi connectivity index (χ1) is 18.8. The first-order valence-corrected chi connectivity index (χ1v) is 15.1. The zero-order valence-electron chi connectivity index (χ0n) is 23.3. The molecule has 0 aliphatic carbocycles. The molecule has 3 heterocycles. The smallest absolute Gasteiger partial charge is 0.247 e. The SMILES string of the molecule is C=CCN(C)C(=O)[C@@H]1[C@@H]2CC(C)C3(S2)C(C(=O)N(CC=C)Cc2ccccc2)N(CCCCCCO)C(=O)[C@H]13. The molecule has 8 heteroatoms. The molecule has 1 N–H and O–H groups in total. The molecule has 2 bridgehead atoms. The number of carbonyl (C=O) groups is 3. The number of nitrogens with zero attached hydrogens (tertiary/aromatic N) is 3. The van der Waals surface area contributed by atoms with Gasteiger partial charge in [0, 0.05) is 45.1 Å². The van der Waals surface area contributed by atoms with Crippen LogP contribution in [-0.4, -0.2) is 86.9 Å². The monoisotopic (exact) mass is 553 g/mol. The van der Waals surface area contributed by atoms with E-state index >= 15 is 0 Å². The van der Waals surface area contributed by atoms with E-state index in [1.54, 1.807) is 35.9 Å². The van der Waals surface area contributed by atoms with Crippen molar-refractivity contribution in [2.45, 2.75) is 61.6 Å². The van der Waals surface area contributed by atoms with Gasteiger partial charge < -0.3 is 19.8 Å². The molecule has 3 aliphatic rings. The number of fused-ring (bicyclic) bond motifs is 1. The van der Waals surface area contributed by atoms with Gasteiger partial charge in [-0.2, -0.15) is 0 Å². The standard InChI is InChI=1S/C31H43N3O4S/c1-5-16-32(4)28(36)25-24-20-22(3)31(39-24)26(25)29(37)34(18-12-7-8-13-19-35)27(31)30(38)33(17-6-2)21-23-14-10-9-11-15-23/h5-6,9-11,14-15,22,24-27,35H,1-2,7-8,12-13,16-21H2,3-4H3/t22?,24-,25+,26-,27?,31?/m0/s1. The average molecular weight is 554 g/mol. The molecule has 3 fully saturated rings. The fraction of sp³-hybridized carbons (Fsp3) is 0.581. The second kappa shape index (κ2) is 12.7. The summed E-state index contributed by atoms with van der Waals surface area (Å²) in [7, 11) is 1.77. The maximum absolute atomic E-state index is 14.5. The third-order valence-corrected chi connectivity index (χ3v) is 10.8. The molecule has 1 spiro atoms. The molecule has 1 aromatic rings. The number of benzene rings is 1. The van der Waals surface area contributed by atoms with Crippen LogP contribution in [0.25, 0.3) is 0 Å². The van der Waals surface area contributed by atoms with Crippen LogP contribution in [0.1, 0.15) is 44.6 Å². The van der Waals surface area contributed by atoms with Gasteiger partial charge in [0.15, 0.2) is 0 Å². The van der Waals surface area contributed by atoms with Gasteiger partial charge in [0.1, 0.15) is 6.04 Å². The molecule has 39 heavy (non-hydrogen) atoms. The van der Waals surface area contributed by atoms with Crippen molar-refractivity contribution < 1.29 is 19.5 Å². The predicted octanol–water partition coefficient (Wildman–Crippen LogP) is 3.74. The van der Waals surface area contributed by atoms with Gasteiger partial charge in [0.25, 0.3) is 0 Å². The summed E-state index contributed by atoms with van der Waals surface area (Å²) in [6.45, 7) is 11.7. The Hall–Kier alpha value is -2.58. The second-order valence-corrected chi connectivity index (χ2v) is 12.8. The molecular formula is C31H43N3O4S. The molecule has 212 valence electrons. The lowest BCUT2D eigenvalue weighted by molar-refractivity contribution is -0.144. The Morgan fingerprint density at radius 3 is 2.46 bits per heavy atom. The zero-order chi connectivity index (χ0) is 28.2. The first kappa shape index (κ1) is 29.4. The van der Waals surface area contributed by atoms with Crippen molar-refractivity contribution in [1.29, 1.82) is 0 Å². The summed E-state index contributed by atoms with van der Waals surface area (Å²) in [5.74, 6) is -0.947. The van der Waals surface area contributed by atoms with E-state index in [0.717, 1.165) is 37.7 Å². The minimum Gasteiger partial charge on any atom is -0.396 e. The molecule has 0 aromatic heterocycles. The van der Waals surface area contributed by atoms with Crippen LogP contribution in [-0.2, 0) is 20.9 Å². The zero-order valence-corrected chi connectivity index (χ0v) is 24.2. The molecular weight excluding hydrogens is 510 g/mol. The lowest BCUT2D eigenvalue weighted by Crippen LogP contribution is -2.57. The van der Waals surface area contributed by atoms with E-state index < -0.39 is 22.6 Å². The van der Waals surface area contributed by atoms with Crippen LogP contribution >= 0.6 is 11.8 Å². The minimum atomic E-state index is -0.630. The molecule has 7 nitrogen and oxygen atoms in total. The van der Waals surface area contributed by atoms with Gasteiger partial charge in [-0.3, -0.25) is 14.4 Å². The number of thioether (sulfide) groups is 1. The topological polar surface area (TPSA) is 81.2 Å². The van der Waals surface area contributed by atoms with Crippen LogP contribution in [0.2, 0.25) is 0 Å². The first-order valence-electron chi connectivity index (χ1n) is 14.2. The fourth-order valence-corrected chi connectivity index (χ4v) is 9.38. The van der Waals surface area contributed by atoms with Gasteiger partial charge >= 0.3 is 0 Å². The van der Waals surface area contributed by atoms with Gasteiger partial charge in [-0.25, -0.2) is 0 Å². The number of aliphatic hydroxyl groups is 1. The number of carbonyl (C=O) groups excluding carboxylic acids is 3. The highest BCUT2D eigenvalue weighted by molar-refractivity contribution is 8.02. The summed E-state index contributed by atoms with van der Waals surface area (Å²) < 4.78 is -0.630. The van der Waals surface area contributed by atoms with Crippen molar-refractivity contribution in [3.63, 3.8) is 0 Å². The quantitative estimate of drug-likeness (QED) is 0.281. The highest BCUT2D eigenvalue weighted by Gasteiger charge is 2.76. The van der Waals surface area contributed by atoms with E-state index in [0.29, 0.717) is 26.2 Å². The lowest BCUT2D eigenvalue weighted by Gasteiger charge is -2.41. The summed E-state index contributed by atoms with van der Waals surface area (Å²) in [6.07, 6.45) is 7.51. The van der Waals surface area contributed by atoms with Crippen LogP contribution in [0, 0.1) is 17.8 Å². The van der Waals surface area contributed by atoms with E-state index in [9.17, 15) is 19.5 Å². The van der Waals surface area contributed by atoms with E-state index in [2.05, 4.69) is 20.1 Å². The molecule has 4 rings (SSSR count). The number of aliphatic hydroxyl groups excluding tert-OH is 1. The lowest BCUT2D eigenvalue weighted by atomic mass is 9.65. The Kier molecular flexibility index (Phi) is 9.60. The van der Waals surface area contributed by atoms with Crippen LogP contribution in [0.5, 0.6) is 0 Å². The highest BCUT2D eigenvalue weighted by atomic mass is 32.2. The van der Waals surface area contributed by atoms with Crippen molar-refractivity contribution in [3.05, 3.63) is 61.2 Å². The summed E-state index contributed by atoms with van der Waals surface area (Å²) in [4.78, 5) is 47.8. The minimum absolute atomic E-state index is 0.0252. The number of rotatable bonds is 14. The molecule has 3 unspecified atom stereocenters. The van der Waals surface area contributed by atoms with Crippen molar-refractivity contribution in [3.8, 4) is 0 Å². The number of amides is 3. The molecule has 3 aliphatic heterocycles. The molecule has 3 saturated heterocycles. The predicted molar refractivity (Wildman–Crippen MR) is 156 cm³/mol. The summed E-state index contributed by atoms with van der Waals surface area (Å²) in [5.41, 5.74) is 1.03. The van der Waals surface area contributed by atoms with E-state index in [-0.39, 0.29) is 35.5 Å². The normalized spacial score (nSPS) is 28.8. The van der Waals surface area contributed by atoms with E-state index in [4.69, 9.17) is 0 Å². The van der Waals surface area contributed by atoms with E-state index in [1.807, 2.05) is 40.1 Å².